The Morgan fingerprint density at radius 1 is 1.12 bits per heavy atom. The zero-order valence-corrected chi connectivity index (χ0v) is 15.3. The lowest BCUT2D eigenvalue weighted by Gasteiger charge is -2.29. The summed E-state index contributed by atoms with van der Waals surface area (Å²) in [6.45, 7) is 5.97. The lowest BCUT2D eigenvalue weighted by atomic mass is 10.2. The van der Waals surface area contributed by atoms with E-state index in [9.17, 15) is 9.59 Å². The first-order chi connectivity index (χ1) is 12.5. The number of hydrogen-bond acceptors (Lipinski definition) is 4. The van der Waals surface area contributed by atoms with Crippen LogP contribution in [0.15, 0.2) is 39.9 Å². The van der Waals surface area contributed by atoms with Crippen LogP contribution in [0.4, 0.5) is 11.6 Å². The minimum atomic E-state index is -0.307. The maximum atomic E-state index is 13.1. The normalized spacial score (nSPS) is 14.2. The number of nitrogens with zero attached hydrogens (tertiary/aromatic N) is 5. The van der Waals surface area contributed by atoms with Gasteiger partial charge in [-0.1, -0.05) is 32.0 Å². The van der Waals surface area contributed by atoms with Gasteiger partial charge in [0.15, 0.2) is 11.2 Å². The second-order valence-electron chi connectivity index (χ2n) is 7.23. The summed E-state index contributed by atoms with van der Waals surface area (Å²) < 4.78 is 4.79. The van der Waals surface area contributed by atoms with Crippen LogP contribution < -0.4 is 16.1 Å². The van der Waals surface area contributed by atoms with Gasteiger partial charge in [0.2, 0.25) is 5.95 Å². The van der Waals surface area contributed by atoms with Gasteiger partial charge in [0, 0.05) is 32.4 Å². The molecule has 2 aromatic heterocycles. The lowest BCUT2D eigenvalue weighted by molar-refractivity contribution is 0.483. The molecule has 26 heavy (non-hydrogen) atoms. The van der Waals surface area contributed by atoms with Crippen LogP contribution in [0, 0.1) is 5.92 Å². The Balaban J connectivity index is 1.99. The minimum absolute atomic E-state index is 0.211. The van der Waals surface area contributed by atoms with E-state index < -0.39 is 0 Å². The van der Waals surface area contributed by atoms with Crippen molar-refractivity contribution in [1.82, 2.24) is 18.7 Å². The summed E-state index contributed by atoms with van der Waals surface area (Å²) in [6, 6.07) is 10.0. The first-order valence-electron chi connectivity index (χ1n) is 9.01. The van der Waals surface area contributed by atoms with Gasteiger partial charge in [0.25, 0.3) is 5.56 Å². The van der Waals surface area contributed by atoms with Gasteiger partial charge in [-0.05, 0) is 24.5 Å². The molecule has 4 rings (SSSR count). The molecule has 0 spiro atoms. The lowest BCUT2D eigenvalue weighted by Crippen LogP contribution is -2.40. The Morgan fingerprint density at radius 3 is 2.54 bits per heavy atom. The van der Waals surface area contributed by atoms with Gasteiger partial charge in [0.1, 0.15) is 0 Å². The second kappa shape index (κ2) is 6.16. The first-order valence-corrected chi connectivity index (χ1v) is 9.01. The molecule has 0 aliphatic carbocycles. The molecule has 3 aromatic rings. The number of rotatable bonds is 3. The van der Waals surface area contributed by atoms with E-state index in [1.54, 1.807) is 7.05 Å². The highest BCUT2D eigenvalue weighted by atomic mass is 16.2. The number of benzene rings is 1. The summed E-state index contributed by atoms with van der Waals surface area (Å²) >= 11 is 0. The van der Waals surface area contributed by atoms with Crippen molar-refractivity contribution in [2.45, 2.75) is 33.4 Å². The Kier molecular flexibility index (Phi) is 3.94. The van der Waals surface area contributed by atoms with Gasteiger partial charge in [-0.25, -0.2) is 4.79 Å². The predicted octanol–water partition coefficient (Wildman–Crippen LogP) is 2.09. The molecule has 0 bridgehead atoms. The molecular weight excluding hydrogens is 330 g/mol. The number of anilines is 2. The highest BCUT2D eigenvalue weighted by Gasteiger charge is 2.26. The van der Waals surface area contributed by atoms with E-state index in [-0.39, 0.29) is 17.2 Å². The number of fused-ring (bicyclic) bond motifs is 3. The standard InChI is InChI=1S/C19H23N5O2/c1-13(2)12-24-17(25)15-16(21(3)19(24)26)20-18-22(10-7-11-23(15)18)14-8-5-4-6-9-14/h4-6,8-9,13H,7,10-12H2,1-3H3. The first kappa shape index (κ1) is 16.6. The maximum Gasteiger partial charge on any atom is 0.332 e. The smallest absolute Gasteiger partial charge is 0.312 e. The topological polar surface area (TPSA) is 65.1 Å². The van der Waals surface area contributed by atoms with Crippen molar-refractivity contribution in [2.24, 2.45) is 13.0 Å². The predicted molar refractivity (Wildman–Crippen MR) is 102 cm³/mol. The highest BCUT2D eigenvalue weighted by molar-refractivity contribution is 5.77. The summed E-state index contributed by atoms with van der Waals surface area (Å²) in [5.41, 5.74) is 1.46. The number of hydrogen-bond donors (Lipinski definition) is 0. The fourth-order valence-electron chi connectivity index (χ4n) is 3.64. The molecule has 7 nitrogen and oxygen atoms in total. The summed E-state index contributed by atoms with van der Waals surface area (Å²) in [5.74, 6) is 0.939. The summed E-state index contributed by atoms with van der Waals surface area (Å²) in [6.07, 6.45) is 0.916. The summed E-state index contributed by atoms with van der Waals surface area (Å²) in [4.78, 5) is 32.6. The molecule has 0 saturated heterocycles. The molecule has 0 saturated carbocycles. The quantitative estimate of drug-likeness (QED) is 0.723. The Bertz CT molecular complexity index is 1080. The van der Waals surface area contributed by atoms with Gasteiger partial charge >= 0.3 is 5.69 Å². The van der Waals surface area contributed by atoms with E-state index in [4.69, 9.17) is 4.98 Å². The Hall–Kier alpha value is -2.83. The molecule has 0 radical (unpaired) electrons. The number of imidazole rings is 1. The van der Waals surface area contributed by atoms with Crippen molar-refractivity contribution in [3.05, 3.63) is 51.2 Å². The van der Waals surface area contributed by atoms with Crippen molar-refractivity contribution in [1.29, 1.82) is 0 Å². The van der Waals surface area contributed by atoms with Gasteiger partial charge in [-0.2, -0.15) is 4.98 Å². The van der Waals surface area contributed by atoms with Crippen molar-refractivity contribution >= 4 is 22.8 Å². The van der Waals surface area contributed by atoms with Crippen molar-refractivity contribution in [2.75, 3.05) is 11.4 Å². The van der Waals surface area contributed by atoms with E-state index in [0.717, 1.165) is 31.1 Å². The third-order valence-corrected chi connectivity index (χ3v) is 4.83. The monoisotopic (exact) mass is 353 g/mol. The largest absolute Gasteiger partial charge is 0.332 e. The summed E-state index contributed by atoms with van der Waals surface area (Å²) in [5, 5.41) is 0. The van der Waals surface area contributed by atoms with E-state index in [1.807, 2.05) is 48.7 Å². The third-order valence-electron chi connectivity index (χ3n) is 4.83. The Labute approximate surface area is 151 Å². The molecular formula is C19H23N5O2. The van der Waals surface area contributed by atoms with Crippen LogP contribution in [0.3, 0.4) is 0 Å². The SMILES string of the molecule is CC(C)Cn1c(=O)c2c(nc3n2CCCN3c2ccccc2)n(C)c1=O. The molecule has 0 fully saturated rings. The summed E-state index contributed by atoms with van der Waals surface area (Å²) in [7, 11) is 1.69. The van der Waals surface area contributed by atoms with Crippen LogP contribution in [0.2, 0.25) is 0 Å². The van der Waals surface area contributed by atoms with Crippen LogP contribution in [-0.2, 0) is 20.1 Å². The number of aromatic nitrogens is 4. The third kappa shape index (κ3) is 2.46. The van der Waals surface area contributed by atoms with Gasteiger partial charge < -0.3 is 9.47 Å². The maximum absolute atomic E-state index is 13.1. The highest BCUT2D eigenvalue weighted by Crippen LogP contribution is 2.30. The van der Waals surface area contributed by atoms with Gasteiger partial charge in [0.05, 0.1) is 0 Å². The van der Waals surface area contributed by atoms with Crippen LogP contribution in [0.5, 0.6) is 0 Å². The molecule has 1 aromatic carbocycles. The molecule has 0 unspecified atom stereocenters. The van der Waals surface area contributed by atoms with Crippen molar-refractivity contribution < 1.29 is 0 Å². The molecule has 0 amide bonds. The molecule has 0 N–H and O–H groups in total. The second-order valence-corrected chi connectivity index (χ2v) is 7.23. The average Bonchev–Trinajstić information content (AvgIpc) is 3.04. The van der Waals surface area contributed by atoms with E-state index in [1.165, 1.54) is 9.13 Å². The van der Waals surface area contributed by atoms with E-state index in [2.05, 4.69) is 4.90 Å². The van der Waals surface area contributed by atoms with E-state index in [0.29, 0.717) is 17.7 Å². The zero-order valence-electron chi connectivity index (χ0n) is 15.3. The van der Waals surface area contributed by atoms with Crippen LogP contribution in [0.25, 0.3) is 11.2 Å². The van der Waals surface area contributed by atoms with E-state index >= 15 is 0 Å². The van der Waals surface area contributed by atoms with Gasteiger partial charge in [-0.15, -0.1) is 0 Å². The Morgan fingerprint density at radius 2 is 1.85 bits per heavy atom. The van der Waals surface area contributed by atoms with Crippen LogP contribution in [-0.4, -0.2) is 25.2 Å². The number of para-hydroxylation sites is 1. The molecule has 136 valence electrons. The molecule has 1 aliphatic heterocycles. The van der Waals surface area contributed by atoms with Crippen LogP contribution >= 0.6 is 0 Å². The van der Waals surface area contributed by atoms with Crippen molar-refractivity contribution in [3.63, 3.8) is 0 Å². The molecule has 3 heterocycles. The number of aryl methyl sites for hydroxylation is 2. The molecule has 7 heteroatoms. The fraction of sp³-hybridized carbons (Fsp3) is 0.421. The average molecular weight is 353 g/mol. The van der Waals surface area contributed by atoms with Gasteiger partial charge in [-0.3, -0.25) is 13.9 Å². The minimum Gasteiger partial charge on any atom is -0.312 e. The zero-order chi connectivity index (χ0) is 18.4. The van der Waals surface area contributed by atoms with Crippen molar-refractivity contribution in [3.8, 4) is 0 Å². The fourth-order valence-corrected chi connectivity index (χ4v) is 3.64. The molecule has 1 aliphatic rings. The van der Waals surface area contributed by atoms with Crippen LogP contribution in [0.1, 0.15) is 20.3 Å². The molecule has 0 atom stereocenters.